The zero-order valence-corrected chi connectivity index (χ0v) is 12.0. The molecule has 0 fully saturated rings. The highest BCUT2D eigenvalue weighted by Crippen LogP contribution is 2.11. The van der Waals surface area contributed by atoms with Gasteiger partial charge in [0.1, 0.15) is 5.65 Å². The summed E-state index contributed by atoms with van der Waals surface area (Å²) < 4.78 is 3.24. The SMILES string of the molecule is Br.BrCc1cn2ccc(I)cc2n1. The van der Waals surface area contributed by atoms with Crippen LogP contribution in [0.25, 0.3) is 5.65 Å². The Kier molecular flexibility index (Phi) is 4.18. The number of halogens is 3. The number of pyridine rings is 1. The molecule has 2 nitrogen and oxygen atoms in total. The van der Waals surface area contributed by atoms with Gasteiger partial charge < -0.3 is 4.40 Å². The van der Waals surface area contributed by atoms with Gasteiger partial charge in [-0.2, -0.15) is 0 Å². The highest BCUT2D eigenvalue weighted by molar-refractivity contribution is 14.1. The summed E-state index contributed by atoms with van der Waals surface area (Å²) in [5, 5.41) is 0.811. The highest BCUT2D eigenvalue weighted by atomic mass is 127. The van der Waals surface area contributed by atoms with Crippen LogP contribution in [-0.2, 0) is 5.33 Å². The van der Waals surface area contributed by atoms with E-state index in [2.05, 4.69) is 55.6 Å². The Labute approximate surface area is 109 Å². The molecule has 13 heavy (non-hydrogen) atoms. The summed E-state index contributed by atoms with van der Waals surface area (Å²) in [6, 6.07) is 4.12. The first-order valence-electron chi connectivity index (χ1n) is 3.49. The third-order valence-electron chi connectivity index (χ3n) is 1.61. The second kappa shape index (κ2) is 4.75. The molecule has 0 saturated carbocycles. The van der Waals surface area contributed by atoms with Crippen molar-refractivity contribution >= 4 is 61.1 Å². The van der Waals surface area contributed by atoms with E-state index in [1.54, 1.807) is 0 Å². The van der Waals surface area contributed by atoms with Gasteiger partial charge in [0.2, 0.25) is 0 Å². The number of nitrogens with zero attached hydrogens (tertiary/aromatic N) is 2. The first-order chi connectivity index (χ1) is 5.79. The molecule has 2 aromatic rings. The molecule has 70 valence electrons. The van der Waals surface area contributed by atoms with E-state index in [1.165, 1.54) is 3.57 Å². The smallest absolute Gasteiger partial charge is 0.138 e. The van der Waals surface area contributed by atoms with Crippen LogP contribution in [-0.4, -0.2) is 9.38 Å². The van der Waals surface area contributed by atoms with E-state index in [0.29, 0.717) is 0 Å². The molecule has 5 heteroatoms. The summed E-state index contributed by atoms with van der Waals surface area (Å²) in [7, 11) is 0. The Balaban J connectivity index is 0.000000845. The van der Waals surface area contributed by atoms with Crippen LogP contribution >= 0.6 is 55.5 Å². The van der Waals surface area contributed by atoms with Crippen molar-refractivity contribution in [2.24, 2.45) is 0 Å². The maximum atomic E-state index is 4.40. The third kappa shape index (κ3) is 2.44. The van der Waals surface area contributed by atoms with Crippen molar-refractivity contribution in [3.05, 3.63) is 33.8 Å². The zero-order valence-electron chi connectivity index (χ0n) is 6.58. The summed E-state index contributed by atoms with van der Waals surface area (Å²) in [4.78, 5) is 4.40. The molecule has 2 aromatic heterocycles. The predicted molar refractivity (Wildman–Crippen MR) is 70.9 cm³/mol. The number of fused-ring (bicyclic) bond motifs is 1. The average molecular weight is 418 g/mol. The number of hydrogen-bond donors (Lipinski definition) is 0. The molecular weight excluding hydrogens is 411 g/mol. The summed E-state index contributed by atoms with van der Waals surface area (Å²) in [5.74, 6) is 0. The van der Waals surface area contributed by atoms with Crippen molar-refractivity contribution < 1.29 is 0 Å². The van der Waals surface area contributed by atoms with Crippen molar-refractivity contribution in [3.8, 4) is 0 Å². The van der Waals surface area contributed by atoms with E-state index >= 15 is 0 Å². The molecule has 0 spiro atoms. The van der Waals surface area contributed by atoms with Crippen LogP contribution in [0.1, 0.15) is 5.69 Å². The number of rotatable bonds is 1. The Bertz CT molecular complexity index is 413. The monoisotopic (exact) mass is 416 g/mol. The van der Waals surface area contributed by atoms with Crippen molar-refractivity contribution in [1.82, 2.24) is 9.38 Å². The van der Waals surface area contributed by atoms with Crippen LogP contribution in [0.5, 0.6) is 0 Å². The van der Waals surface area contributed by atoms with E-state index in [0.717, 1.165) is 16.7 Å². The van der Waals surface area contributed by atoms with Crippen molar-refractivity contribution in [2.75, 3.05) is 0 Å². The van der Waals surface area contributed by atoms with Crippen LogP contribution in [0.2, 0.25) is 0 Å². The van der Waals surface area contributed by atoms with Gasteiger partial charge >= 0.3 is 0 Å². The molecule has 0 atom stereocenters. The quantitative estimate of drug-likeness (QED) is 0.513. The summed E-state index contributed by atoms with van der Waals surface area (Å²) in [6.45, 7) is 0. The maximum absolute atomic E-state index is 4.40. The Morgan fingerprint density at radius 3 is 3.00 bits per heavy atom. The Hall–Kier alpha value is 0.380. The first-order valence-corrected chi connectivity index (χ1v) is 5.69. The lowest BCUT2D eigenvalue weighted by Gasteiger charge is -1.91. The van der Waals surface area contributed by atoms with Crippen LogP contribution in [0.15, 0.2) is 24.5 Å². The molecule has 0 radical (unpaired) electrons. The molecule has 2 rings (SSSR count). The van der Waals surface area contributed by atoms with E-state index in [9.17, 15) is 0 Å². The molecule has 0 aliphatic heterocycles. The van der Waals surface area contributed by atoms with Crippen LogP contribution in [0.4, 0.5) is 0 Å². The molecular formula is C8H7Br2IN2. The van der Waals surface area contributed by atoms with Gasteiger partial charge in [0, 0.05) is 21.3 Å². The minimum absolute atomic E-state index is 0. The van der Waals surface area contributed by atoms with Crippen molar-refractivity contribution in [1.29, 1.82) is 0 Å². The topological polar surface area (TPSA) is 17.3 Å². The molecule has 0 aliphatic carbocycles. The molecule has 0 aromatic carbocycles. The second-order valence-corrected chi connectivity index (χ2v) is 4.28. The largest absolute Gasteiger partial charge is 0.307 e. The van der Waals surface area contributed by atoms with E-state index in [4.69, 9.17) is 0 Å². The molecule has 0 aliphatic rings. The van der Waals surface area contributed by atoms with Gasteiger partial charge in [0.15, 0.2) is 0 Å². The molecule has 0 amide bonds. The third-order valence-corrected chi connectivity index (χ3v) is 2.85. The summed E-state index contributed by atoms with van der Waals surface area (Å²) >= 11 is 5.66. The van der Waals surface area contributed by atoms with Gasteiger partial charge in [-0.1, -0.05) is 15.9 Å². The lowest BCUT2D eigenvalue weighted by atomic mass is 10.5. The molecule has 0 N–H and O–H groups in total. The molecule has 0 saturated heterocycles. The fourth-order valence-electron chi connectivity index (χ4n) is 1.07. The van der Waals surface area contributed by atoms with Crippen LogP contribution < -0.4 is 0 Å². The number of alkyl halides is 1. The summed E-state index contributed by atoms with van der Waals surface area (Å²) in [5.41, 5.74) is 2.08. The van der Waals surface area contributed by atoms with Gasteiger partial charge in [-0.15, -0.1) is 17.0 Å². The Morgan fingerprint density at radius 1 is 1.54 bits per heavy atom. The number of imidazole rings is 1. The lowest BCUT2D eigenvalue weighted by molar-refractivity contribution is 1.18. The highest BCUT2D eigenvalue weighted by Gasteiger charge is 1.99. The van der Waals surface area contributed by atoms with E-state index < -0.39 is 0 Å². The van der Waals surface area contributed by atoms with Gasteiger partial charge in [0.05, 0.1) is 5.69 Å². The number of aromatic nitrogens is 2. The molecule has 0 bridgehead atoms. The van der Waals surface area contributed by atoms with Crippen molar-refractivity contribution in [2.45, 2.75) is 5.33 Å². The van der Waals surface area contributed by atoms with E-state index in [1.807, 2.05) is 16.8 Å². The fraction of sp³-hybridized carbons (Fsp3) is 0.125. The fourth-order valence-corrected chi connectivity index (χ4v) is 1.78. The van der Waals surface area contributed by atoms with Crippen LogP contribution in [0, 0.1) is 3.57 Å². The maximum Gasteiger partial charge on any atom is 0.138 e. The van der Waals surface area contributed by atoms with Crippen molar-refractivity contribution in [3.63, 3.8) is 0 Å². The van der Waals surface area contributed by atoms with Gasteiger partial charge in [0.25, 0.3) is 0 Å². The zero-order chi connectivity index (χ0) is 8.55. The van der Waals surface area contributed by atoms with Gasteiger partial charge in [-0.3, -0.25) is 0 Å². The van der Waals surface area contributed by atoms with Gasteiger partial charge in [-0.05, 0) is 34.7 Å². The van der Waals surface area contributed by atoms with E-state index in [-0.39, 0.29) is 17.0 Å². The predicted octanol–water partition coefficient (Wildman–Crippen LogP) is 3.41. The molecule has 0 unspecified atom stereocenters. The second-order valence-electron chi connectivity index (χ2n) is 2.48. The Morgan fingerprint density at radius 2 is 2.31 bits per heavy atom. The standard InChI is InChI=1S/C8H6BrIN2.BrH/c9-4-7-5-12-2-1-6(10)3-8(12)11-7;/h1-3,5H,4H2;1H. The first kappa shape index (κ1) is 11.5. The normalized spacial score (nSPS) is 10.0. The minimum Gasteiger partial charge on any atom is -0.307 e. The summed E-state index contributed by atoms with van der Waals surface area (Å²) in [6.07, 6.45) is 4.05. The van der Waals surface area contributed by atoms with Crippen LogP contribution in [0.3, 0.4) is 0 Å². The molecule has 2 heterocycles. The number of hydrogen-bond acceptors (Lipinski definition) is 1. The average Bonchev–Trinajstić information content (AvgIpc) is 2.46. The lowest BCUT2D eigenvalue weighted by Crippen LogP contribution is -1.81. The van der Waals surface area contributed by atoms with Gasteiger partial charge in [-0.25, -0.2) is 4.98 Å². The minimum atomic E-state index is 0.